The third kappa shape index (κ3) is 5.47. The number of nitrogens with zero attached hydrogens (tertiary/aromatic N) is 2. The minimum absolute atomic E-state index is 0.0444. The number of Topliss-reactive ketones (excluding diaryl/α,β-unsaturated/α-hetero) is 1. The summed E-state index contributed by atoms with van der Waals surface area (Å²) in [5.41, 5.74) is 1.90. The third-order valence-corrected chi connectivity index (χ3v) is 7.32. The lowest BCUT2D eigenvalue weighted by Crippen LogP contribution is -2.48. The number of amides is 2. The average molecular weight is 478 g/mol. The van der Waals surface area contributed by atoms with Crippen LogP contribution in [0, 0.1) is 0 Å². The Balaban J connectivity index is 1.74. The number of anilines is 1. The molecule has 0 unspecified atom stereocenters. The van der Waals surface area contributed by atoms with E-state index in [0.717, 1.165) is 36.3 Å². The van der Waals surface area contributed by atoms with Crippen molar-refractivity contribution in [3.05, 3.63) is 76.2 Å². The van der Waals surface area contributed by atoms with Crippen LogP contribution in [0.2, 0.25) is 0 Å². The summed E-state index contributed by atoms with van der Waals surface area (Å²) in [7, 11) is 1.89. The SMILES string of the molecule is CC(=O)c1ccc(N(C(=O)Cc2cccs2)[C@@H](C(=O)NC2CCCCC2)c2cccn2C)cc1. The molecular formula is C27H31N3O3S. The van der Waals surface area contributed by atoms with E-state index in [-0.39, 0.29) is 30.1 Å². The molecule has 2 aromatic heterocycles. The molecule has 1 saturated carbocycles. The van der Waals surface area contributed by atoms with Crippen molar-refractivity contribution >= 4 is 34.6 Å². The normalized spacial score (nSPS) is 15.0. The molecule has 1 N–H and O–H groups in total. The van der Waals surface area contributed by atoms with E-state index in [2.05, 4.69) is 5.32 Å². The van der Waals surface area contributed by atoms with Crippen LogP contribution in [0.4, 0.5) is 5.69 Å². The highest BCUT2D eigenvalue weighted by molar-refractivity contribution is 7.10. The summed E-state index contributed by atoms with van der Waals surface area (Å²) in [5.74, 6) is -0.385. The fraction of sp³-hybridized carbons (Fsp3) is 0.370. The Bertz CT molecular complexity index is 1130. The number of hydrogen-bond acceptors (Lipinski definition) is 4. The summed E-state index contributed by atoms with van der Waals surface area (Å²) < 4.78 is 1.89. The van der Waals surface area contributed by atoms with Crippen LogP contribution in [0.3, 0.4) is 0 Å². The fourth-order valence-corrected chi connectivity index (χ4v) is 5.31. The quantitative estimate of drug-likeness (QED) is 0.461. The van der Waals surface area contributed by atoms with Crippen molar-refractivity contribution in [2.75, 3.05) is 4.90 Å². The molecule has 3 aromatic rings. The number of benzene rings is 1. The Labute approximate surface area is 204 Å². The second-order valence-electron chi connectivity index (χ2n) is 8.91. The molecule has 1 aliphatic rings. The van der Waals surface area contributed by atoms with Gasteiger partial charge in [0.2, 0.25) is 11.8 Å². The zero-order valence-corrected chi connectivity index (χ0v) is 20.5. The minimum atomic E-state index is -0.822. The number of rotatable bonds is 8. The van der Waals surface area contributed by atoms with Gasteiger partial charge in [0, 0.05) is 35.4 Å². The molecule has 2 heterocycles. The molecule has 1 fully saturated rings. The first-order valence-corrected chi connectivity index (χ1v) is 12.7. The van der Waals surface area contributed by atoms with Crippen molar-refractivity contribution in [3.8, 4) is 0 Å². The smallest absolute Gasteiger partial charge is 0.249 e. The van der Waals surface area contributed by atoms with Crippen LogP contribution < -0.4 is 10.2 Å². The molecule has 0 aliphatic heterocycles. The Hall–Kier alpha value is -3.19. The molecule has 0 spiro atoms. The van der Waals surface area contributed by atoms with Crippen LogP contribution in [0.15, 0.2) is 60.1 Å². The van der Waals surface area contributed by atoms with E-state index >= 15 is 0 Å². The number of hydrogen-bond donors (Lipinski definition) is 1. The lowest BCUT2D eigenvalue weighted by atomic mass is 9.95. The van der Waals surface area contributed by atoms with E-state index < -0.39 is 6.04 Å². The van der Waals surface area contributed by atoms with Crippen LogP contribution in [0.25, 0.3) is 0 Å². The monoisotopic (exact) mass is 477 g/mol. The topological polar surface area (TPSA) is 71.4 Å². The highest BCUT2D eigenvalue weighted by Gasteiger charge is 2.35. The first-order valence-electron chi connectivity index (χ1n) is 11.8. The lowest BCUT2D eigenvalue weighted by molar-refractivity contribution is -0.127. The molecule has 4 rings (SSSR count). The second kappa shape index (κ2) is 10.8. The number of nitrogens with one attached hydrogen (secondary N) is 1. The summed E-state index contributed by atoms with van der Waals surface area (Å²) in [6, 6.07) is 13.9. The molecule has 1 atom stereocenters. The zero-order chi connectivity index (χ0) is 24.1. The van der Waals surface area contributed by atoms with Crippen molar-refractivity contribution in [2.45, 2.75) is 57.5 Å². The molecule has 1 aromatic carbocycles. The summed E-state index contributed by atoms with van der Waals surface area (Å²) in [6.45, 7) is 1.51. The Morgan fingerprint density at radius 2 is 1.79 bits per heavy atom. The van der Waals surface area contributed by atoms with Gasteiger partial charge in [-0.05, 0) is 67.6 Å². The largest absolute Gasteiger partial charge is 0.352 e. The molecule has 2 amide bonds. The summed E-state index contributed by atoms with van der Waals surface area (Å²) >= 11 is 1.52. The van der Waals surface area contributed by atoms with Gasteiger partial charge in [0.1, 0.15) is 0 Å². The highest BCUT2D eigenvalue weighted by atomic mass is 32.1. The number of aromatic nitrogens is 1. The van der Waals surface area contributed by atoms with Crippen molar-refractivity contribution in [1.29, 1.82) is 0 Å². The van der Waals surface area contributed by atoms with Gasteiger partial charge in [-0.3, -0.25) is 19.3 Å². The van der Waals surface area contributed by atoms with E-state index in [9.17, 15) is 14.4 Å². The van der Waals surface area contributed by atoms with Crippen LogP contribution in [-0.4, -0.2) is 28.2 Å². The molecule has 0 radical (unpaired) electrons. The van der Waals surface area contributed by atoms with Crippen LogP contribution >= 0.6 is 11.3 Å². The lowest BCUT2D eigenvalue weighted by Gasteiger charge is -2.33. The van der Waals surface area contributed by atoms with Gasteiger partial charge in [-0.2, -0.15) is 0 Å². The van der Waals surface area contributed by atoms with Gasteiger partial charge in [0.15, 0.2) is 11.8 Å². The van der Waals surface area contributed by atoms with E-state index in [1.807, 2.05) is 47.5 Å². The molecule has 7 heteroatoms. The van der Waals surface area contributed by atoms with E-state index in [4.69, 9.17) is 0 Å². The molecule has 1 aliphatic carbocycles. The summed E-state index contributed by atoms with van der Waals surface area (Å²) in [6.07, 6.45) is 7.41. The fourth-order valence-electron chi connectivity index (χ4n) is 4.61. The van der Waals surface area contributed by atoms with Crippen molar-refractivity contribution in [3.63, 3.8) is 0 Å². The van der Waals surface area contributed by atoms with Gasteiger partial charge < -0.3 is 9.88 Å². The molecule has 0 saturated heterocycles. The number of carbonyl (C=O) groups is 3. The van der Waals surface area contributed by atoms with E-state index in [0.29, 0.717) is 11.3 Å². The second-order valence-corrected chi connectivity index (χ2v) is 9.95. The van der Waals surface area contributed by atoms with Crippen LogP contribution in [-0.2, 0) is 23.1 Å². The van der Waals surface area contributed by atoms with Gasteiger partial charge >= 0.3 is 0 Å². The predicted molar refractivity (Wildman–Crippen MR) is 135 cm³/mol. The van der Waals surface area contributed by atoms with Crippen molar-refractivity contribution in [1.82, 2.24) is 9.88 Å². The summed E-state index contributed by atoms with van der Waals surface area (Å²) in [5, 5.41) is 5.17. The standard InChI is InChI=1S/C27H31N3O3S/c1-19(31)20-12-14-22(15-13-20)30(25(32)18-23-10-7-17-34-23)26(24-11-6-16-29(24)2)27(33)28-21-8-4-3-5-9-21/h6-7,10-17,21,26H,3-5,8-9,18H2,1-2H3,(H,28,33)/t26-/m1/s1. The predicted octanol–water partition coefficient (Wildman–Crippen LogP) is 5.06. The number of aryl methyl sites for hydroxylation is 1. The number of thiophene rings is 1. The summed E-state index contributed by atoms with van der Waals surface area (Å²) in [4.78, 5) is 41.9. The van der Waals surface area contributed by atoms with Gasteiger partial charge in [-0.15, -0.1) is 11.3 Å². The van der Waals surface area contributed by atoms with Gasteiger partial charge in [-0.1, -0.05) is 25.3 Å². The Morgan fingerprint density at radius 1 is 1.06 bits per heavy atom. The van der Waals surface area contributed by atoms with Gasteiger partial charge in [0.25, 0.3) is 0 Å². The van der Waals surface area contributed by atoms with Crippen molar-refractivity contribution in [2.24, 2.45) is 7.05 Å². The minimum Gasteiger partial charge on any atom is -0.352 e. The number of carbonyl (C=O) groups excluding carboxylic acids is 3. The average Bonchev–Trinajstić information content (AvgIpc) is 3.49. The van der Waals surface area contributed by atoms with Gasteiger partial charge in [0.05, 0.1) is 12.1 Å². The maximum atomic E-state index is 13.8. The van der Waals surface area contributed by atoms with Gasteiger partial charge in [-0.25, -0.2) is 0 Å². The first kappa shape index (κ1) is 24.0. The molecular weight excluding hydrogens is 446 g/mol. The van der Waals surface area contributed by atoms with Crippen molar-refractivity contribution < 1.29 is 14.4 Å². The third-order valence-electron chi connectivity index (χ3n) is 6.45. The molecule has 6 nitrogen and oxygen atoms in total. The molecule has 34 heavy (non-hydrogen) atoms. The Kier molecular flexibility index (Phi) is 7.63. The van der Waals surface area contributed by atoms with E-state index in [1.54, 1.807) is 29.2 Å². The van der Waals surface area contributed by atoms with E-state index in [1.165, 1.54) is 24.7 Å². The van der Waals surface area contributed by atoms with Crippen LogP contribution in [0.5, 0.6) is 0 Å². The first-order chi connectivity index (χ1) is 16.4. The highest BCUT2D eigenvalue weighted by Crippen LogP contribution is 2.31. The Morgan fingerprint density at radius 3 is 2.38 bits per heavy atom. The maximum Gasteiger partial charge on any atom is 0.249 e. The zero-order valence-electron chi connectivity index (χ0n) is 19.7. The van der Waals surface area contributed by atoms with Crippen LogP contribution in [0.1, 0.15) is 66.0 Å². The molecule has 0 bridgehead atoms. The number of ketones is 1. The maximum absolute atomic E-state index is 13.8. The molecule has 178 valence electrons.